The summed E-state index contributed by atoms with van der Waals surface area (Å²) in [5, 5.41) is 13.1. The molecule has 1 heterocycles. The van der Waals surface area contributed by atoms with Crippen LogP contribution >= 0.6 is 0 Å². The molecule has 0 spiro atoms. The molecule has 2 aliphatic rings. The quantitative estimate of drug-likeness (QED) is 0.684. The van der Waals surface area contributed by atoms with Gasteiger partial charge in [0.25, 0.3) is 5.91 Å². The van der Waals surface area contributed by atoms with E-state index in [2.05, 4.69) is 10.1 Å². The minimum absolute atomic E-state index is 0.292. The van der Waals surface area contributed by atoms with Crippen LogP contribution in [0.2, 0.25) is 0 Å². The number of ether oxygens (including phenoxy) is 1. The molecule has 0 radical (unpaired) electrons. The Hall–Kier alpha value is -2.48. The van der Waals surface area contributed by atoms with Crippen LogP contribution in [0.3, 0.4) is 0 Å². The lowest BCUT2D eigenvalue weighted by molar-refractivity contribution is -0.274. The Morgan fingerprint density at radius 2 is 1.90 bits per heavy atom. The first-order valence-corrected chi connectivity index (χ1v) is 10.8. The molecular formula is C23H27F3N2O3. The second kappa shape index (κ2) is 8.57. The van der Waals surface area contributed by atoms with E-state index in [0.29, 0.717) is 47.8 Å². The lowest BCUT2D eigenvalue weighted by Gasteiger charge is -2.28. The van der Waals surface area contributed by atoms with Crippen LogP contribution in [0.15, 0.2) is 30.3 Å². The summed E-state index contributed by atoms with van der Waals surface area (Å²) in [6.45, 7) is 2.45. The molecule has 31 heavy (non-hydrogen) atoms. The van der Waals surface area contributed by atoms with Gasteiger partial charge in [-0.05, 0) is 56.7 Å². The van der Waals surface area contributed by atoms with E-state index in [1.54, 1.807) is 18.2 Å². The van der Waals surface area contributed by atoms with E-state index in [4.69, 9.17) is 0 Å². The number of nitrogens with zero attached hydrogens (tertiary/aromatic N) is 1. The van der Waals surface area contributed by atoms with Gasteiger partial charge < -0.3 is 19.7 Å². The first-order chi connectivity index (χ1) is 14.7. The molecule has 1 amide bonds. The van der Waals surface area contributed by atoms with Crippen LogP contribution < -0.4 is 10.1 Å². The molecule has 2 fully saturated rings. The third-order valence-electron chi connectivity index (χ3n) is 6.18. The molecule has 2 N–H and O–H groups in total. The van der Waals surface area contributed by atoms with Gasteiger partial charge in [-0.25, -0.2) is 0 Å². The van der Waals surface area contributed by atoms with E-state index in [9.17, 15) is 23.1 Å². The predicted molar refractivity (Wildman–Crippen MR) is 110 cm³/mol. The molecule has 5 nitrogen and oxygen atoms in total. The van der Waals surface area contributed by atoms with E-state index in [1.807, 2.05) is 11.5 Å². The zero-order valence-electron chi connectivity index (χ0n) is 17.4. The van der Waals surface area contributed by atoms with Crippen LogP contribution in [-0.2, 0) is 6.54 Å². The van der Waals surface area contributed by atoms with Crippen molar-refractivity contribution in [2.45, 2.75) is 70.5 Å². The summed E-state index contributed by atoms with van der Waals surface area (Å²) in [4.78, 5) is 13.0. The number of alkyl halides is 3. The van der Waals surface area contributed by atoms with E-state index in [0.717, 1.165) is 25.7 Å². The third kappa shape index (κ3) is 5.06. The van der Waals surface area contributed by atoms with Crippen LogP contribution in [0.4, 0.5) is 13.2 Å². The van der Waals surface area contributed by atoms with Crippen molar-refractivity contribution >= 4 is 5.91 Å². The molecule has 4 rings (SSSR count). The number of carbonyl (C=O) groups excluding carboxylic acids is 1. The summed E-state index contributed by atoms with van der Waals surface area (Å²) >= 11 is 0. The second-order valence-corrected chi connectivity index (χ2v) is 8.56. The number of rotatable bonds is 6. The van der Waals surface area contributed by atoms with Gasteiger partial charge >= 0.3 is 6.36 Å². The zero-order chi connectivity index (χ0) is 22.2. The number of benzene rings is 1. The highest BCUT2D eigenvalue weighted by molar-refractivity contribution is 5.97. The number of hydrogen-bond donors (Lipinski definition) is 2. The molecule has 168 valence electrons. The second-order valence-electron chi connectivity index (χ2n) is 8.56. The SMILES string of the molecule is Cc1c(C(=O)NC2CCCCC2O)cc(-c2ccccc2OC(F)(F)F)n1CC1CC1. The minimum Gasteiger partial charge on any atom is -0.405 e. The number of halogens is 3. The van der Waals surface area contributed by atoms with Gasteiger partial charge in [0.05, 0.1) is 23.4 Å². The van der Waals surface area contributed by atoms with Crippen molar-refractivity contribution in [3.8, 4) is 17.0 Å². The average molecular weight is 436 g/mol. The fraction of sp³-hybridized carbons (Fsp3) is 0.522. The monoisotopic (exact) mass is 436 g/mol. The molecule has 2 atom stereocenters. The van der Waals surface area contributed by atoms with Crippen LogP contribution in [-0.4, -0.2) is 34.1 Å². The van der Waals surface area contributed by atoms with E-state index in [-0.39, 0.29) is 17.7 Å². The third-order valence-corrected chi connectivity index (χ3v) is 6.18. The smallest absolute Gasteiger partial charge is 0.405 e. The maximum absolute atomic E-state index is 13.0. The molecule has 2 saturated carbocycles. The predicted octanol–water partition coefficient (Wildman–Crippen LogP) is 4.81. The Morgan fingerprint density at radius 1 is 1.19 bits per heavy atom. The highest BCUT2D eigenvalue weighted by Crippen LogP contribution is 2.39. The molecule has 1 aromatic heterocycles. The van der Waals surface area contributed by atoms with Gasteiger partial charge in [0.2, 0.25) is 0 Å². The van der Waals surface area contributed by atoms with Crippen LogP contribution in [0, 0.1) is 12.8 Å². The minimum atomic E-state index is -4.81. The fourth-order valence-corrected chi connectivity index (χ4v) is 4.31. The van der Waals surface area contributed by atoms with Gasteiger partial charge in [-0.2, -0.15) is 0 Å². The molecule has 0 saturated heterocycles. The number of para-hydroxylation sites is 1. The Kier molecular flexibility index (Phi) is 6.01. The van der Waals surface area contributed by atoms with Gasteiger partial charge in [0, 0.05) is 17.8 Å². The maximum atomic E-state index is 13.0. The number of nitrogens with one attached hydrogen (secondary N) is 1. The average Bonchev–Trinajstić information content (AvgIpc) is 3.47. The van der Waals surface area contributed by atoms with Crippen molar-refractivity contribution in [1.82, 2.24) is 9.88 Å². The Bertz CT molecular complexity index is 950. The number of aliphatic hydroxyl groups is 1. The number of hydrogen-bond acceptors (Lipinski definition) is 3. The van der Waals surface area contributed by atoms with Crippen molar-refractivity contribution in [3.05, 3.63) is 41.6 Å². The fourth-order valence-electron chi connectivity index (χ4n) is 4.31. The highest BCUT2D eigenvalue weighted by atomic mass is 19.4. The lowest BCUT2D eigenvalue weighted by atomic mass is 9.92. The molecule has 0 aliphatic heterocycles. The Morgan fingerprint density at radius 3 is 2.58 bits per heavy atom. The van der Waals surface area contributed by atoms with Crippen molar-refractivity contribution in [2.75, 3.05) is 0 Å². The normalized spacial score (nSPS) is 21.7. The summed E-state index contributed by atoms with van der Waals surface area (Å²) in [6, 6.07) is 7.33. The van der Waals surface area contributed by atoms with Crippen LogP contribution in [0.25, 0.3) is 11.3 Å². The summed E-state index contributed by atoms with van der Waals surface area (Å²) in [6.07, 6.45) is -0.0184. The number of amides is 1. The summed E-state index contributed by atoms with van der Waals surface area (Å²) < 4.78 is 45.0. The van der Waals surface area contributed by atoms with Gasteiger partial charge in [-0.1, -0.05) is 25.0 Å². The van der Waals surface area contributed by atoms with E-state index < -0.39 is 12.5 Å². The van der Waals surface area contributed by atoms with Gasteiger partial charge in [-0.3, -0.25) is 4.79 Å². The Balaban J connectivity index is 1.69. The van der Waals surface area contributed by atoms with Gasteiger partial charge in [0.15, 0.2) is 0 Å². The molecule has 8 heteroatoms. The molecule has 0 bridgehead atoms. The highest BCUT2D eigenvalue weighted by Gasteiger charge is 2.34. The van der Waals surface area contributed by atoms with Gasteiger partial charge in [0.1, 0.15) is 5.75 Å². The molecule has 2 unspecified atom stereocenters. The van der Waals surface area contributed by atoms with Crippen molar-refractivity contribution in [3.63, 3.8) is 0 Å². The van der Waals surface area contributed by atoms with Crippen molar-refractivity contribution < 1.29 is 27.8 Å². The van der Waals surface area contributed by atoms with E-state index >= 15 is 0 Å². The number of aliphatic hydroxyl groups excluding tert-OH is 1. The summed E-state index contributed by atoms with van der Waals surface area (Å²) in [5.74, 6) is -0.149. The standard InChI is InChI=1S/C23H27F3N2O3/c1-14-17(22(30)27-18-7-3-4-8-20(18)29)12-19(28(14)13-15-10-11-15)16-6-2-5-9-21(16)31-23(24,25)26/h2,5-6,9,12,15,18,20,29H,3-4,7-8,10-11,13H2,1H3,(H,27,30). The topological polar surface area (TPSA) is 63.5 Å². The number of carbonyl (C=O) groups is 1. The van der Waals surface area contributed by atoms with E-state index in [1.165, 1.54) is 12.1 Å². The first kappa shape index (κ1) is 21.7. The molecular weight excluding hydrogens is 409 g/mol. The van der Waals surface area contributed by atoms with Crippen molar-refractivity contribution in [2.24, 2.45) is 5.92 Å². The maximum Gasteiger partial charge on any atom is 0.573 e. The van der Waals surface area contributed by atoms with Crippen LogP contribution in [0.5, 0.6) is 5.75 Å². The zero-order valence-corrected chi connectivity index (χ0v) is 17.4. The van der Waals surface area contributed by atoms with Crippen LogP contribution in [0.1, 0.15) is 54.6 Å². The first-order valence-electron chi connectivity index (χ1n) is 10.8. The van der Waals surface area contributed by atoms with Crippen molar-refractivity contribution in [1.29, 1.82) is 0 Å². The largest absolute Gasteiger partial charge is 0.573 e. The summed E-state index contributed by atoms with van der Waals surface area (Å²) in [5.41, 5.74) is 1.93. The van der Waals surface area contributed by atoms with Gasteiger partial charge in [-0.15, -0.1) is 13.2 Å². The molecule has 1 aromatic carbocycles. The number of aromatic nitrogens is 1. The lowest BCUT2D eigenvalue weighted by Crippen LogP contribution is -2.45. The summed E-state index contributed by atoms with van der Waals surface area (Å²) in [7, 11) is 0. The Labute approximate surface area is 179 Å². The molecule has 2 aromatic rings. The molecule has 2 aliphatic carbocycles.